The molecule has 2 heterocycles. The maximum atomic E-state index is 12.9. The third kappa shape index (κ3) is 5.03. The standard InChI is InChI=1S/C19H28N2O3/c22-19(16-17-4-2-1-3-5-17)21(18-6-12-23-13-7-18)9-8-20-10-14-24-15-11-20/h1-5,18H,6-16H2. The fraction of sp³-hybridized carbons (Fsp3) is 0.632. The van der Waals surface area contributed by atoms with Crippen LogP contribution in [0.25, 0.3) is 0 Å². The van der Waals surface area contributed by atoms with Gasteiger partial charge in [0.05, 0.1) is 19.6 Å². The molecule has 0 atom stereocenters. The van der Waals surface area contributed by atoms with E-state index in [1.807, 2.05) is 30.3 Å². The molecule has 2 aliphatic rings. The van der Waals surface area contributed by atoms with Gasteiger partial charge in [0.1, 0.15) is 0 Å². The molecular weight excluding hydrogens is 304 g/mol. The quantitative estimate of drug-likeness (QED) is 0.793. The van der Waals surface area contributed by atoms with Crippen molar-refractivity contribution in [2.75, 3.05) is 52.6 Å². The molecule has 132 valence electrons. The molecule has 3 rings (SSSR count). The molecule has 2 fully saturated rings. The highest BCUT2D eigenvalue weighted by Gasteiger charge is 2.26. The highest BCUT2D eigenvalue weighted by Crippen LogP contribution is 2.16. The van der Waals surface area contributed by atoms with E-state index in [1.165, 1.54) is 0 Å². The van der Waals surface area contributed by atoms with Crippen LogP contribution in [0.3, 0.4) is 0 Å². The predicted octanol–water partition coefficient (Wildman–Crippen LogP) is 1.57. The number of rotatable bonds is 6. The van der Waals surface area contributed by atoms with Crippen molar-refractivity contribution in [2.45, 2.75) is 25.3 Å². The topological polar surface area (TPSA) is 42.0 Å². The lowest BCUT2D eigenvalue weighted by atomic mass is 10.0. The van der Waals surface area contributed by atoms with E-state index in [2.05, 4.69) is 9.80 Å². The normalized spacial score (nSPS) is 20.0. The van der Waals surface area contributed by atoms with Crippen LogP contribution in [-0.4, -0.2) is 74.4 Å². The van der Waals surface area contributed by atoms with E-state index in [1.54, 1.807) is 0 Å². The van der Waals surface area contributed by atoms with Gasteiger partial charge in [-0.1, -0.05) is 30.3 Å². The summed E-state index contributed by atoms with van der Waals surface area (Å²) >= 11 is 0. The second kappa shape index (κ2) is 9.16. The highest BCUT2D eigenvalue weighted by molar-refractivity contribution is 5.79. The molecule has 0 radical (unpaired) electrons. The number of hydrogen-bond donors (Lipinski definition) is 0. The van der Waals surface area contributed by atoms with Crippen LogP contribution in [0.4, 0.5) is 0 Å². The Morgan fingerprint density at radius 3 is 2.42 bits per heavy atom. The lowest BCUT2D eigenvalue weighted by Crippen LogP contribution is -2.49. The Hall–Kier alpha value is -1.43. The summed E-state index contributed by atoms with van der Waals surface area (Å²) in [5.74, 6) is 0.237. The largest absolute Gasteiger partial charge is 0.381 e. The summed E-state index contributed by atoms with van der Waals surface area (Å²) in [4.78, 5) is 17.4. The number of carbonyl (C=O) groups is 1. The minimum atomic E-state index is 0.237. The summed E-state index contributed by atoms with van der Waals surface area (Å²) < 4.78 is 10.9. The number of morpholine rings is 1. The van der Waals surface area contributed by atoms with Gasteiger partial charge in [-0.25, -0.2) is 0 Å². The van der Waals surface area contributed by atoms with Crippen LogP contribution in [0.1, 0.15) is 18.4 Å². The fourth-order valence-corrected chi connectivity index (χ4v) is 3.45. The van der Waals surface area contributed by atoms with Crippen molar-refractivity contribution in [3.05, 3.63) is 35.9 Å². The summed E-state index contributed by atoms with van der Waals surface area (Å²) in [5.41, 5.74) is 1.09. The summed E-state index contributed by atoms with van der Waals surface area (Å²) in [6.07, 6.45) is 2.38. The molecule has 2 aliphatic heterocycles. The number of carbonyl (C=O) groups excluding carboxylic acids is 1. The Kier molecular flexibility index (Phi) is 6.64. The van der Waals surface area contributed by atoms with Crippen LogP contribution in [0, 0.1) is 0 Å². The minimum absolute atomic E-state index is 0.237. The van der Waals surface area contributed by atoms with Gasteiger partial charge in [-0.3, -0.25) is 9.69 Å². The molecule has 0 bridgehead atoms. The second-order valence-electron chi connectivity index (χ2n) is 6.55. The molecule has 5 heteroatoms. The number of amides is 1. The summed E-state index contributed by atoms with van der Waals surface area (Å²) in [5, 5.41) is 0. The fourth-order valence-electron chi connectivity index (χ4n) is 3.45. The van der Waals surface area contributed by atoms with Crippen LogP contribution in [-0.2, 0) is 20.7 Å². The minimum Gasteiger partial charge on any atom is -0.381 e. The van der Waals surface area contributed by atoms with Gasteiger partial charge >= 0.3 is 0 Å². The van der Waals surface area contributed by atoms with E-state index in [0.29, 0.717) is 12.5 Å². The van der Waals surface area contributed by atoms with E-state index < -0.39 is 0 Å². The van der Waals surface area contributed by atoms with Crippen molar-refractivity contribution < 1.29 is 14.3 Å². The van der Waals surface area contributed by atoms with Gasteiger partial charge in [0, 0.05) is 45.4 Å². The smallest absolute Gasteiger partial charge is 0.227 e. The maximum absolute atomic E-state index is 12.9. The zero-order valence-electron chi connectivity index (χ0n) is 14.4. The van der Waals surface area contributed by atoms with Gasteiger partial charge in [0.2, 0.25) is 5.91 Å². The zero-order chi connectivity index (χ0) is 16.6. The first-order valence-corrected chi connectivity index (χ1v) is 9.04. The van der Waals surface area contributed by atoms with Gasteiger partial charge < -0.3 is 14.4 Å². The Morgan fingerprint density at radius 2 is 1.71 bits per heavy atom. The molecule has 5 nitrogen and oxygen atoms in total. The van der Waals surface area contributed by atoms with E-state index >= 15 is 0 Å². The molecule has 24 heavy (non-hydrogen) atoms. The third-order valence-corrected chi connectivity index (χ3v) is 4.91. The molecule has 1 aromatic carbocycles. The average Bonchev–Trinajstić information content (AvgIpc) is 2.64. The number of benzene rings is 1. The number of ether oxygens (including phenoxy) is 2. The number of hydrogen-bond acceptors (Lipinski definition) is 4. The predicted molar refractivity (Wildman–Crippen MR) is 93.0 cm³/mol. The Balaban J connectivity index is 1.60. The van der Waals surface area contributed by atoms with E-state index in [4.69, 9.17) is 9.47 Å². The van der Waals surface area contributed by atoms with Gasteiger partial charge in [-0.05, 0) is 18.4 Å². The lowest BCUT2D eigenvalue weighted by molar-refractivity contribution is -0.135. The monoisotopic (exact) mass is 332 g/mol. The molecule has 1 aromatic rings. The van der Waals surface area contributed by atoms with Crippen LogP contribution in [0.5, 0.6) is 0 Å². The van der Waals surface area contributed by atoms with Gasteiger partial charge in [-0.15, -0.1) is 0 Å². The van der Waals surface area contributed by atoms with E-state index in [0.717, 1.165) is 71.0 Å². The molecule has 0 unspecified atom stereocenters. The van der Waals surface area contributed by atoms with Crippen molar-refractivity contribution in [3.63, 3.8) is 0 Å². The molecule has 0 spiro atoms. The second-order valence-corrected chi connectivity index (χ2v) is 6.55. The van der Waals surface area contributed by atoms with Crippen LogP contribution >= 0.6 is 0 Å². The number of nitrogens with zero attached hydrogens (tertiary/aromatic N) is 2. The Bertz CT molecular complexity index is 497. The van der Waals surface area contributed by atoms with E-state index in [9.17, 15) is 4.79 Å². The van der Waals surface area contributed by atoms with E-state index in [-0.39, 0.29) is 5.91 Å². The van der Waals surface area contributed by atoms with Gasteiger partial charge in [0.25, 0.3) is 0 Å². The van der Waals surface area contributed by atoms with Crippen LogP contribution in [0.2, 0.25) is 0 Å². The molecule has 1 amide bonds. The van der Waals surface area contributed by atoms with Gasteiger partial charge in [-0.2, -0.15) is 0 Å². The van der Waals surface area contributed by atoms with Crippen molar-refractivity contribution in [1.82, 2.24) is 9.80 Å². The highest BCUT2D eigenvalue weighted by atomic mass is 16.5. The third-order valence-electron chi connectivity index (χ3n) is 4.91. The molecule has 0 N–H and O–H groups in total. The molecular formula is C19H28N2O3. The Morgan fingerprint density at radius 1 is 1.04 bits per heavy atom. The molecule has 0 saturated carbocycles. The first kappa shape index (κ1) is 17.4. The van der Waals surface area contributed by atoms with Crippen molar-refractivity contribution in [1.29, 1.82) is 0 Å². The van der Waals surface area contributed by atoms with Crippen LogP contribution < -0.4 is 0 Å². The van der Waals surface area contributed by atoms with Crippen molar-refractivity contribution in [3.8, 4) is 0 Å². The van der Waals surface area contributed by atoms with Crippen molar-refractivity contribution in [2.24, 2.45) is 0 Å². The average molecular weight is 332 g/mol. The molecule has 0 aliphatic carbocycles. The Labute approximate surface area is 144 Å². The van der Waals surface area contributed by atoms with Gasteiger partial charge in [0.15, 0.2) is 0 Å². The molecule has 2 saturated heterocycles. The first-order valence-electron chi connectivity index (χ1n) is 9.04. The van der Waals surface area contributed by atoms with Crippen LogP contribution in [0.15, 0.2) is 30.3 Å². The maximum Gasteiger partial charge on any atom is 0.227 e. The van der Waals surface area contributed by atoms with Crippen molar-refractivity contribution >= 4 is 5.91 Å². The SMILES string of the molecule is O=C(Cc1ccccc1)N(CCN1CCOCC1)C1CCOCC1. The summed E-state index contributed by atoms with van der Waals surface area (Å²) in [6.45, 7) is 6.79. The summed E-state index contributed by atoms with van der Waals surface area (Å²) in [7, 11) is 0. The first-order chi connectivity index (χ1) is 11.8. The summed E-state index contributed by atoms with van der Waals surface area (Å²) in [6, 6.07) is 10.4. The zero-order valence-corrected chi connectivity index (χ0v) is 14.4. The lowest BCUT2D eigenvalue weighted by Gasteiger charge is -2.36. The molecule has 0 aromatic heterocycles.